The molecule has 1 aromatic rings. The van der Waals surface area contributed by atoms with Gasteiger partial charge in [-0.05, 0) is 31.9 Å². The number of anilines is 2. The lowest BCUT2D eigenvalue weighted by molar-refractivity contribution is 0.342. The topological polar surface area (TPSA) is 47.3 Å². The van der Waals surface area contributed by atoms with Crippen LogP contribution in [0, 0.1) is 5.92 Å². The Morgan fingerprint density at radius 2 is 2.00 bits per heavy atom. The summed E-state index contributed by atoms with van der Waals surface area (Å²) in [5.74, 6) is 1.32. The van der Waals surface area contributed by atoms with Gasteiger partial charge in [-0.2, -0.15) is 0 Å². The average molecular weight is 222 g/mol. The summed E-state index contributed by atoms with van der Waals surface area (Å²) in [6.45, 7) is 9.10. The summed E-state index contributed by atoms with van der Waals surface area (Å²) < 4.78 is 5.45. The lowest BCUT2D eigenvalue weighted by Gasteiger charge is -2.21. The molecule has 1 rings (SSSR count). The molecule has 0 saturated heterocycles. The highest BCUT2D eigenvalue weighted by Gasteiger charge is 2.10. The number of hydrogen-bond donors (Lipinski definition) is 2. The van der Waals surface area contributed by atoms with Crippen LogP contribution in [-0.2, 0) is 0 Å². The quantitative estimate of drug-likeness (QED) is 0.752. The van der Waals surface area contributed by atoms with E-state index in [4.69, 9.17) is 10.5 Å². The third kappa shape index (κ3) is 3.05. The number of nitrogens with two attached hydrogens (primary N) is 1. The van der Waals surface area contributed by atoms with Crippen molar-refractivity contribution in [2.24, 2.45) is 5.92 Å². The second-order valence-electron chi connectivity index (χ2n) is 4.33. The molecule has 0 bridgehead atoms. The fraction of sp³-hybridized carbons (Fsp3) is 0.538. The Hall–Kier alpha value is -1.38. The van der Waals surface area contributed by atoms with Crippen molar-refractivity contribution < 1.29 is 4.74 Å². The zero-order chi connectivity index (χ0) is 12.1. The first-order valence-electron chi connectivity index (χ1n) is 5.84. The summed E-state index contributed by atoms with van der Waals surface area (Å²) >= 11 is 0. The van der Waals surface area contributed by atoms with Crippen LogP contribution in [0.15, 0.2) is 18.2 Å². The summed E-state index contributed by atoms with van der Waals surface area (Å²) in [6, 6.07) is 6.22. The van der Waals surface area contributed by atoms with Gasteiger partial charge in [-0.3, -0.25) is 0 Å². The molecule has 0 spiro atoms. The van der Waals surface area contributed by atoms with Gasteiger partial charge in [0.15, 0.2) is 0 Å². The molecule has 3 N–H and O–H groups in total. The highest BCUT2D eigenvalue weighted by molar-refractivity contribution is 5.73. The first-order valence-corrected chi connectivity index (χ1v) is 5.84. The van der Waals surface area contributed by atoms with Crippen molar-refractivity contribution in [1.82, 2.24) is 0 Å². The van der Waals surface area contributed by atoms with Gasteiger partial charge >= 0.3 is 0 Å². The second kappa shape index (κ2) is 5.64. The lowest BCUT2D eigenvalue weighted by atomic mass is 10.1. The van der Waals surface area contributed by atoms with Crippen LogP contribution in [0.1, 0.15) is 27.7 Å². The number of ether oxygens (including phenoxy) is 1. The van der Waals surface area contributed by atoms with E-state index < -0.39 is 0 Å². The number of nitrogen functional groups attached to an aromatic ring is 1. The molecule has 0 radical (unpaired) electrons. The minimum Gasteiger partial charge on any atom is -0.492 e. The highest BCUT2D eigenvalue weighted by atomic mass is 16.5. The summed E-state index contributed by atoms with van der Waals surface area (Å²) in [4.78, 5) is 0. The molecule has 0 amide bonds. The maximum atomic E-state index is 6.03. The van der Waals surface area contributed by atoms with Crippen LogP contribution in [0.25, 0.3) is 0 Å². The SMILES string of the molecule is CCOc1cccc(NC(C)C(C)C)c1N. The molecule has 1 unspecified atom stereocenters. The molecule has 0 aliphatic heterocycles. The first kappa shape index (κ1) is 12.7. The molecule has 0 saturated carbocycles. The lowest BCUT2D eigenvalue weighted by Crippen LogP contribution is -2.22. The van der Waals surface area contributed by atoms with E-state index in [0.717, 1.165) is 11.4 Å². The molecule has 3 nitrogen and oxygen atoms in total. The molecular formula is C13H22N2O. The van der Waals surface area contributed by atoms with E-state index in [-0.39, 0.29) is 0 Å². The van der Waals surface area contributed by atoms with Crippen molar-refractivity contribution in [2.45, 2.75) is 33.7 Å². The van der Waals surface area contributed by atoms with E-state index in [1.807, 2.05) is 25.1 Å². The van der Waals surface area contributed by atoms with Crippen molar-refractivity contribution in [2.75, 3.05) is 17.7 Å². The zero-order valence-corrected chi connectivity index (χ0v) is 10.6. The van der Waals surface area contributed by atoms with Gasteiger partial charge in [0.25, 0.3) is 0 Å². The Morgan fingerprint density at radius 1 is 1.31 bits per heavy atom. The molecule has 1 atom stereocenters. The van der Waals surface area contributed by atoms with Crippen molar-refractivity contribution in [1.29, 1.82) is 0 Å². The maximum Gasteiger partial charge on any atom is 0.144 e. The maximum absolute atomic E-state index is 6.03. The largest absolute Gasteiger partial charge is 0.492 e. The Labute approximate surface area is 98.0 Å². The second-order valence-corrected chi connectivity index (χ2v) is 4.33. The van der Waals surface area contributed by atoms with Gasteiger partial charge in [-0.1, -0.05) is 19.9 Å². The van der Waals surface area contributed by atoms with Crippen LogP contribution >= 0.6 is 0 Å². The van der Waals surface area contributed by atoms with Crippen molar-refractivity contribution in [3.8, 4) is 5.75 Å². The monoisotopic (exact) mass is 222 g/mol. The van der Waals surface area contributed by atoms with Crippen LogP contribution in [0.4, 0.5) is 11.4 Å². The Balaban J connectivity index is 2.84. The van der Waals surface area contributed by atoms with Gasteiger partial charge in [0.05, 0.1) is 18.0 Å². The molecule has 0 fully saturated rings. The average Bonchev–Trinajstić information content (AvgIpc) is 2.24. The molecule has 1 aromatic carbocycles. The molecule has 90 valence electrons. The van der Waals surface area contributed by atoms with Gasteiger partial charge in [0, 0.05) is 6.04 Å². The Kier molecular flexibility index (Phi) is 4.47. The fourth-order valence-electron chi connectivity index (χ4n) is 1.36. The zero-order valence-electron chi connectivity index (χ0n) is 10.6. The van der Waals surface area contributed by atoms with Gasteiger partial charge in [-0.25, -0.2) is 0 Å². The standard InChI is InChI=1S/C13H22N2O/c1-5-16-12-8-6-7-11(13(12)14)15-10(4)9(2)3/h6-10,15H,5,14H2,1-4H3. The van der Waals surface area contributed by atoms with E-state index in [1.165, 1.54) is 0 Å². The highest BCUT2D eigenvalue weighted by Crippen LogP contribution is 2.30. The smallest absolute Gasteiger partial charge is 0.144 e. The predicted octanol–water partition coefficient (Wildman–Crippen LogP) is 3.12. The molecule has 0 aliphatic rings. The van der Waals surface area contributed by atoms with Gasteiger partial charge in [0.2, 0.25) is 0 Å². The fourth-order valence-corrected chi connectivity index (χ4v) is 1.36. The summed E-state index contributed by atoms with van der Waals surface area (Å²) in [7, 11) is 0. The summed E-state index contributed by atoms with van der Waals surface area (Å²) in [6.07, 6.45) is 0. The minimum absolute atomic E-state index is 0.388. The van der Waals surface area contributed by atoms with E-state index in [2.05, 4.69) is 26.1 Å². The van der Waals surface area contributed by atoms with Gasteiger partial charge < -0.3 is 15.8 Å². The normalized spacial score (nSPS) is 12.6. The van der Waals surface area contributed by atoms with Gasteiger partial charge in [0.1, 0.15) is 5.75 Å². The third-order valence-electron chi connectivity index (χ3n) is 2.75. The van der Waals surface area contributed by atoms with Crippen LogP contribution in [-0.4, -0.2) is 12.6 Å². The van der Waals surface area contributed by atoms with Crippen molar-refractivity contribution >= 4 is 11.4 Å². The molecule has 0 heterocycles. The van der Waals surface area contributed by atoms with E-state index in [9.17, 15) is 0 Å². The van der Waals surface area contributed by atoms with E-state index in [1.54, 1.807) is 0 Å². The predicted molar refractivity (Wildman–Crippen MR) is 69.9 cm³/mol. The van der Waals surface area contributed by atoms with Crippen molar-refractivity contribution in [3.63, 3.8) is 0 Å². The summed E-state index contributed by atoms with van der Waals surface area (Å²) in [5, 5.41) is 3.40. The number of rotatable bonds is 5. The van der Waals surface area contributed by atoms with Gasteiger partial charge in [-0.15, -0.1) is 0 Å². The number of para-hydroxylation sites is 1. The molecule has 3 heteroatoms. The number of nitrogens with one attached hydrogen (secondary N) is 1. The Morgan fingerprint density at radius 3 is 2.56 bits per heavy atom. The minimum atomic E-state index is 0.388. The molecule has 0 aliphatic carbocycles. The first-order chi connectivity index (χ1) is 7.56. The molecular weight excluding hydrogens is 200 g/mol. The van der Waals surface area contributed by atoms with Crippen molar-refractivity contribution in [3.05, 3.63) is 18.2 Å². The van der Waals surface area contributed by atoms with E-state index >= 15 is 0 Å². The Bertz CT molecular complexity index is 337. The third-order valence-corrected chi connectivity index (χ3v) is 2.75. The summed E-state index contributed by atoms with van der Waals surface area (Å²) in [5.41, 5.74) is 7.67. The van der Waals surface area contributed by atoms with Crippen LogP contribution in [0.5, 0.6) is 5.75 Å². The van der Waals surface area contributed by atoms with Crippen LogP contribution in [0.2, 0.25) is 0 Å². The van der Waals surface area contributed by atoms with E-state index in [0.29, 0.717) is 24.3 Å². The van der Waals surface area contributed by atoms with Crippen LogP contribution < -0.4 is 15.8 Å². The number of hydrogen-bond acceptors (Lipinski definition) is 3. The van der Waals surface area contributed by atoms with Crippen LogP contribution in [0.3, 0.4) is 0 Å². The number of benzene rings is 1. The molecule has 0 aromatic heterocycles. The molecule has 16 heavy (non-hydrogen) atoms.